The maximum atomic E-state index is 12.5. The maximum Gasteiger partial charge on any atom is 0.251 e. The summed E-state index contributed by atoms with van der Waals surface area (Å²) in [6, 6.07) is 0. The first-order valence-corrected chi connectivity index (χ1v) is 10.8. The van der Waals surface area contributed by atoms with Crippen molar-refractivity contribution in [1.82, 2.24) is 25.3 Å². The number of hydrogen-bond acceptors (Lipinski definition) is 6. The highest BCUT2D eigenvalue weighted by molar-refractivity contribution is 14.0. The number of aromatic nitrogens is 2. The van der Waals surface area contributed by atoms with Gasteiger partial charge < -0.3 is 24.4 Å². The van der Waals surface area contributed by atoms with Crippen molar-refractivity contribution in [2.75, 3.05) is 45.9 Å². The number of ether oxygens (including phenoxy) is 1. The average molecular weight is 534 g/mol. The quantitative estimate of drug-likeness (QED) is 0.248. The van der Waals surface area contributed by atoms with E-state index in [9.17, 15) is 4.79 Å². The fourth-order valence-corrected chi connectivity index (χ4v) is 3.56. The van der Waals surface area contributed by atoms with E-state index >= 15 is 0 Å². The molecule has 2 fully saturated rings. The van der Waals surface area contributed by atoms with E-state index < -0.39 is 0 Å². The van der Waals surface area contributed by atoms with Gasteiger partial charge in [-0.3, -0.25) is 9.79 Å². The Morgan fingerprint density at radius 2 is 2.00 bits per heavy atom. The van der Waals surface area contributed by atoms with E-state index in [-0.39, 0.29) is 41.9 Å². The Labute approximate surface area is 196 Å². The minimum Gasteiger partial charge on any atom is -0.368 e. The summed E-state index contributed by atoms with van der Waals surface area (Å²) in [5.74, 6) is 2.76. The number of halogens is 1. The second-order valence-corrected chi connectivity index (χ2v) is 7.85. The van der Waals surface area contributed by atoms with Gasteiger partial charge in [-0.15, -0.1) is 24.0 Å². The smallest absolute Gasteiger partial charge is 0.251 e. The third kappa shape index (κ3) is 6.79. The molecule has 30 heavy (non-hydrogen) atoms. The van der Waals surface area contributed by atoms with Crippen LogP contribution in [0.25, 0.3) is 0 Å². The Bertz CT molecular complexity index is 682. The van der Waals surface area contributed by atoms with Crippen LogP contribution in [0.3, 0.4) is 0 Å². The second kappa shape index (κ2) is 12.4. The molecule has 10 heteroatoms. The van der Waals surface area contributed by atoms with Crippen LogP contribution >= 0.6 is 24.0 Å². The van der Waals surface area contributed by atoms with Gasteiger partial charge in [-0.1, -0.05) is 19.0 Å². The minimum absolute atomic E-state index is 0. The van der Waals surface area contributed by atoms with Crippen LogP contribution in [-0.4, -0.2) is 83.8 Å². The summed E-state index contributed by atoms with van der Waals surface area (Å²) in [7, 11) is 0. The molecule has 1 aromatic rings. The summed E-state index contributed by atoms with van der Waals surface area (Å²) in [4.78, 5) is 25.8. The van der Waals surface area contributed by atoms with Gasteiger partial charge in [0.1, 0.15) is 6.10 Å². The van der Waals surface area contributed by atoms with Crippen molar-refractivity contribution in [2.24, 2.45) is 4.99 Å². The van der Waals surface area contributed by atoms with Crippen molar-refractivity contribution in [3.8, 4) is 0 Å². The fraction of sp³-hybridized carbons (Fsp3) is 0.800. The number of guanidine groups is 1. The number of aryl methyl sites for hydroxylation is 1. The molecule has 0 saturated carbocycles. The molecule has 2 aliphatic rings. The van der Waals surface area contributed by atoms with Gasteiger partial charge in [-0.05, 0) is 26.2 Å². The van der Waals surface area contributed by atoms with Crippen molar-refractivity contribution in [3.63, 3.8) is 0 Å². The summed E-state index contributed by atoms with van der Waals surface area (Å²) < 4.78 is 10.8. The molecule has 0 spiro atoms. The van der Waals surface area contributed by atoms with E-state index in [0.29, 0.717) is 32.1 Å². The van der Waals surface area contributed by atoms with Crippen molar-refractivity contribution in [2.45, 2.75) is 58.5 Å². The largest absolute Gasteiger partial charge is 0.368 e. The number of nitrogens with zero attached hydrogens (tertiary/aromatic N) is 5. The Morgan fingerprint density at radius 3 is 2.60 bits per heavy atom. The monoisotopic (exact) mass is 534 g/mol. The van der Waals surface area contributed by atoms with Gasteiger partial charge in [0.25, 0.3) is 5.91 Å². The summed E-state index contributed by atoms with van der Waals surface area (Å²) >= 11 is 0. The zero-order chi connectivity index (χ0) is 20.6. The molecule has 3 heterocycles. The van der Waals surface area contributed by atoms with E-state index in [1.807, 2.05) is 4.90 Å². The highest BCUT2D eigenvalue weighted by Gasteiger charge is 2.30. The van der Waals surface area contributed by atoms with Crippen molar-refractivity contribution < 1.29 is 14.1 Å². The normalized spacial score (nSPS) is 19.9. The first-order valence-electron chi connectivity index (χ1n) is 10.8. The summed E-state index contributed by atoms with van der Waals surface area (Å²) in [5, 5.41) is 7.36. The Hall–Kier alpha value is -1.43. The lowest BCUT2D eigenvalue weighted by atomic mass is 10.2. The number of carbonyl (C=O) groups excluding carboxylic acids is 1. The Kier molecular flexibility index (Phi) is 10.3. The van der Waals surface area contributed by atoms with Crippen LogP contribution in [0.2, 0.25) is 0 Å². The van der Waals surface area contributed by atoms with E-state index in [4.69, 9.17) is 14.3 Å². The van der Waals surface area contributed by atoms with Crippen LogP contribution in [0.1, 0.15) is 57.7 Å². The number of nitrogens with one attached hydrogen (secondary N) is 1. The number of rotatable bonds is 7. The van der Waals surface area contributed by atoms with Crippen LogP contribution in [0.4, 0.5) is 0 Å². The lowest BCUT2D eigenvalue weighted by Gasteiger charge is -2.37. The predicted octanol–water partition coefficient (Wildman–Crippen LogP) is 2.03. The lowest BCUT2D eigenvalue weighted by Crippen LogP contribution is -2.55. The molecular formula is C20H35IN6O3. The van der Waals surface area contributed by atoms with Gasteiger partial charge in [0.15, 0.2) is 11.8 Å². The number of piperazine rings is 1. The number of aliphatic imine (C=N–C) groups is 1. The van der Waals surface area contributed by atoms with Gasteiger partial charge in [-0.2, -0.15) is 4.98 Å². The number of hydrogen-bond donors (Lipinski definition) is 1. The fourth-order valence-electron chi connectivity index (χ4n) is 3.56. The highest BCUT2D eigenvalue weighted by Crippen LogP contribution is 2.16. The van der Waals surface area contributed by atoms with Crippen LogP contribution < -0.4 is 5.32 Å². The Morgan fingerprint density at radius 1 is 1.27 bits per heavy atom. The maximum absolute atomic E-state index is 12.5. The molecule has 1 N–H and O–H groups in total. The van der Waals surface area contributed by atoms with Crippen molar-refractivity contribution >= 4 is 35.8 Å². The minimum atomic E-state index is -0.232. The van der Waals surface area contributed by atoms with Crippen molar-refractivity contribution in [3.05, 3.63) is 11.7 Å². The van der Waals surface area contributed by atoms with Crippen molar-refractivity contribution in [1.29, 1.82) is 0 Å². The molecule has 170 valence electrons. The molecule has 3 rings (SSSR count). The molecule has 2 aliphatic heterocycles. The first-order chi connectivity index (χ1) is 14.1. The molecular weight excluding hydrogens is 499 g/mol. The van der Waals surface area contributed by atoms with Gasteiger partial charge >= 0.3 is 0 Å². The van der Waals surface area contributed by atoms with Crippen LogP contribution in [0.5, 0.6) is 0 Å². The Balaban J connectivity index is 0.00000320. The van der Waals surface area contributed by atoms with E-state index in [1.54, 1.807) is 0 Å². The molecule has 1 amide bonds. The highest BCUT2D eigenvalue weighted by atomic mass is 127. The van der Waals surface area contributed by atoms with Gasteiger partial charge in [0.2, 0.25) is 5.89 Å². The summed E-state index contributed by atoms with van der Waals surface area (Å²) in [5.41, 5.74) is 0. The molecule has 0 radical (unpaired) electrons. The third-order valence-electron chi connectivity index (χ3n) is 5.24. The average Bonchev–Trinajstić information content (AvgIpc) is 3.42. The third-order valence-corrected chi connectivity index (χ3v) is 5.24. The topological polar surface area (TPSA) is 96.1 Å². The van der Waals surface area contributed by atoms with E-state index in [2.05, 4.69) is 41.1 Å². The van der Waals surface area contributed by atoms with E-state index in [1.165, 1.54) is 0 Å². The summed E-state index contributed by atoms with van der Waals surface area (Å²) in [6.07, 6.45) is 3.18. The second-order valence-electron chi connectivity index (χ2n) is 7.85. The first kappa shape index (κ1) is 24.8. The van der Waals surface area contributed by atoms with Gasteiger partial charge in [-0.25, -0.2) is 0 Å². The van der Waals surface area contributed by atoms with Gasteiger partial charge in [0, 0.05) is 58.2 Å². The molecule has 0 bridgehead atoms. The zero-order valence-electron chi connectivity index (χ0n) is 18.3. The van der Waals surface area contributed by atoms with Crippen LogP contribution in [0, 0.1) is 0 Å². The predicted molar refractivity (Wildman–Crippen MR) is 125 cm³/mol. The molecule has 0 aliphatic carbocycles. The standard InChI is InChI=1S/C20H34N6O3.HI/c1-4-21-20(22-9-5-8-17-23-18(15(2)3)24-29-17)26-12-10-25(11-13-26)19(27)16-7-6-14-28-16;/h15-16H,4-14H2,1-3H3,(H,21,22);1H. The molecule has 1 atom stereocenters. The molecule has 0 aromatic carbocycles. The molecule has 2 saturated heterocycles. The van der Waals surface area contributed by atoms with E-state index in [0.717, 1.165) is 57.1 Å². The lowest BCUT2D eigenvalue weighted by molar-refractivity contribution is -0.142. The number of carbonyl (C=O) groups is 1. The number of amides is 1. The molecule has 9 nitrogen and oxygen atoms in total. The molecule has 1 unspecified atom stereocenters. The molecule has 1 aromatic heterocycles. The summed E-state index contributed by atoms with van der Waals surface area (Å²) in [6.45, 7) is 11.4. The zero-order valence-corrected chi connectivity index (χ0v) is 20.6. The van der Waals surface area contributed by atoms with Crippen LogP contribution in [0.15, 0.2) is 9.52 Å². The SMILES string of the molecule is CCNC(=NCCCc1nc(C(C)C)no1)N1CCN(C(=O)C2CCCO2)CC1.I. The van der Waals surface area contributed by atoms with Crippen LogP contribution in [-0.2, 0) is 16.0 Å². The van der Waals surface area contributed by atoms with Gasteiger partial charge in [0.05, 0.1) is 0 Å².